The molecule has 0 fully saturated rings. The number of nitrogens with zero attached hydrogens (tertiary/aromatic N) is 1. The van der Waals surface area contributed by atoms with E-state index in [4.69, 9.17) is 16.0 Å². The molecule has 4 rings (SSSR count). The Morgan fingerprint density at radius 2 is 1.85 bits per heavy atom. The third kappa shape index (κ3) is 3.64. The lowest BCUT2D eigenvalue weighted by molar-refractivity contribution is 0.519. The van der Waals surface area contributed by atoms with Gasteiger partial charge in [0.15, 0.2) is 0 Å². The van der Waals surface area contributed by atoms with Crippen LogP contribution in [0.2, 0.25) is 5.02 Å². The van der Waals surface area contributed by atoms with Gasteiger partial charge in [0.25, 0.3) is 0 Å². The van der Waals surface area contributed by atoms with E-state index in [0.717, 1.165) is 46.8 Å². The number of benzene rings is 2. The largest absolute Gasteiger partial charge is 0.421 e. The predicted octanol–water partition coefficient (Wildman–Crippen LogP) is 5.29. The fourth-order valence-electron chi connectivity index (χ4n) is 3.48. The summed E-state index contributed by atoms with van der Waals surface area (Å²) in [5, 5.41) is 0.175. The van der Waals surface area contributed by atoms with Crippen LogP contribution in [0.3, 0.4) is 0 Å². The molecule has 0 N–H and O–H groups in total. The van der Waals surface area contributed by atoms with Gasteiger partial charge >= 0.3 is 5.63 Å². The maximum Gasteiger partial charge on any atom is 0.357 e. The first-order valence-corrected chi connectivity index (χ1v) is 10.3. The Balaban J connectivity index is 1.75. The average molecular weight is 398 g/mol. The summed E-state index contributed by atoms with van der Waals surface area (Å²) in [5.41, 5.74) is 3.58. The highest BCUT2D eigenvalue weighted by Gasteiger charge is 2.25. The van der Waals surface area contributed by atoms with Crippen molar-refractivity contribution in [3.8, 4) is 11.3 Å². The van der Waals surface area contributed by atoms with Crippen molar-refractivity contribution in [3.63, 3.8) is 0 Å². The molecule has 0 bridgehead atoms. The molecule has 0 spiro atoms. The summed E-state index contributed by atoms with van der Waals surface area (Å²) in [6, 6.07) is 18.4. The van der Waals surface area contributed by atoms with Crippen LogP contribution in [0.25, 0.3) is 11.3 Å². The number of halogens is 1. The second kappa shape index (κ2) is 7.83. The number of hydrogen-bond acceptors (Lipinski definition) is 4. The van der Waals surface area contributed by atoms with E-state index in [9.17, 15) is 4.79 Å². The first-order valence-electron chi connectivity index (χ1n) is 8.98. The van der Waals surface area contributed by atoms with E-state index in [0.29, 0.717) is 5.76 Å². The molecule has 0 amide bonds. The fraction of sp³-hybridized carbons (Fsp3) is 0.227. The van der Waals surface area contributed by atoms with E-state index in [1.807, 2.05) is 43.4 Å². The summed E-state index contributed by atoms with van der Waals surface area (Å²) in [7, 11) is 1.99. The zero-order valence-corrected chi connectivity index (χ0v) is 16.6. The van der Waals surface area contributed by atoms with Gasteiger partial charge in [-0.15, -0.1) is 11.8 Å². The van der Waals surface area contributed by atoms with Gasteiger partial charge in [-0.05, 0) is 24.5 Å². The van der Waals surface area contributed by atoms with Crippen molar-refractivity contribution in [2.75, 3.05) is 24.2 Å². The van der Waals surface area contributed by atoms with Crippen LogP contribution in [0.1, 0.15) is 11.1 Å². The molecule has 27 heavy (non-hydrogen) atoms. The van der Waals surface area contributed by atoms with Gasteiger partial charge in [-0.3, -0.25) is 0 Å². The Morgan fingerprint density at radius 3 is 2.67 bits per heavy atom. The SMILES string of the molecule is CN(CCc1ccccc1)c1c2c(oc(=O)c1Cl)-c1ccccc1SCC2. The molecule has 0 radical (unpaired) electrons. The standard InChI is InChI=1S/C22H20ClNO2S/c1-24(13-11-15-7-3-2-4-8-15)20-17-12-14-27-18-10-6-5-9-16(18)21(17)26-22(25)19(20)23/h2-10H,11-14H2,1H3. The minimum Gasteiger partial charge on any atom is -0.421 e. The highest BCUT2D eigenvalue weighted by atomic mass is 35.5. The van der Waals surface area contributed by atoms with Crippen molar-refractivity contribution in [1.82, 2.24) is 0 Å². The van der Waals surface area contributed by atoms with Gasteiger partial charge < -0.3 is 9.32 Å². The van der Waals surface area contributed by atoms with E-state index in [2.05, 4.69) is 23.1 Å². The number of rotatable bonds is 4. The zero-order valence-electron chi connectivity index (χ0n) is 15.1. The van der Waals surface area contributed by atoms with Crippen molar-refractivity contribution in [3.05, 3.63) is 81.2 Å². The van der Waals surface area contributed by atoms with Crippen molar-refractivity contribution >= 4 is 29.1 Å². The number of likely N-dealkylation sites (N-methyl/N-ethyl adjacent to an activating group) is 1. The van der Waals surface area contributed by atoms with Gasteiger partial charge in [0.1, 0.15) is 10.8 Å². The van der Waals surface area contributed by atoms with E-state index in [1.54, 1.807) is 11.8 Å². The Bertz CT molecular complexity index is 1020. The van der Waals surface area contributed by atoms with E-state index in [1.165, 1.54) is 5.56 Å². The van der Waals surface area contributed by atoms with Crippen molar-refractivity contribution in [2.24, 2.45) is 0 Å². The Morgan fingerprint density at radius 1 is 1.11 bits per heavy atom. The molecule has 0 unspecified atom stereocenters. The van der Waals surface area contributed by atoms with Gasteiger partial charge in [-0.1, -0.05) is 60.1 Å². The van der Waals surface area contributed by atoms with Crippen LogP contribution in [0, 0.1) is 0 Å². The van der Waals surface area contributed by atoms with Crippen LogP contribution >= 0.6 is 23.4 Å². The van der Waals surface area contributed by atoms with Gasteiger partial charge in [0.2, 0.25) is 0 Å². The highest BCUT2D eigenvalue weighted by Crippen LogP contribution is 2.42. The van der Waals surface area contributed by atoms with Crippen LogP contribution < -0.4 is 10.5 Å². The van der Waals surface area contributed by atoms with Gasteiger partial charge in [-0.2, -0.15) is 0 Å². The maximum atomic E-state index is 12.5. The number of anilines is 1. The lowest BCUT2D eigenvalue weighted by atomic mass is 10.0. The molecule has 2 aromatic carbocycles. The normalized spacial score (nSPS) is 12.8. The molecule has 0 atom stereocenters. The van der Waals surface area contributed by atoms with Crippen molar-refractivity contribution < 1.29 is 4.42 Å². The molecule has 1 aromatic heterocycles. The minimum absolute atomic E-state index is 0.175. The van der Waals surface area contributed by atoms with Crippen LogP contribution in [-0.2, 0) is 12.8 Å². The molecule has 1 aliphatic heterocycles. The molecule has 138 valence electrons. The molecular weight excluding hydrogens is 378 g/mol. The fourth-order valence-corrected chi connectivity index (χ4v) is 4.79. The lowest BCUT2D eigenvalue weighted by Crippen LogP contribution is -2.24. The lowest BCUT2D eigenvalue weighted by Gasteiger charge is -2.24. The number of thioether (sulfide) groups is 1. The van der Waals surface area contributed by atoms with E-state index in [-0.39, 0.29) is 5.02 Å². The summed E-state index contributed by atoms with van der Waals surface area (Å²) in [4.78, 5) is 15.7. The van der Waals surface area contributed by atoms with Crippen LogP contribution in [0.15, 0.2) is 68.7 Å². The summed E-state index contributed by atoms with van der Waals surface area (Å²) >= 11 is 8.22. The van der Waals surface area contributed by atoms with Gasteiger partial charge in [0.05, 0.1) is 5.69 Å². The molecule has 5 heteroatoms. The summed E-state index contributed by atoms with van der Waals surface area (Å²) in [6.45, 7) is 0.772. The Kier molecular flexibility index (Phi) is 5.28. The average Bonchev–Trinajstić information content (AvgIpc) is 2.87. The van der Waals surface area contributed by atoms with Gasteiger partial charge in [0, 0.05) is 35.4 Å². The molecular formula is C22H20ClNO2S. The summed E-state index contributed by atoms with van der Waals surface area (Å²) in [5.74, 6) is 1.58. The van der Waals surface area contributed by atoms with Crippen molar-refractivity contribution in [2.45, 2.75) is 17.7 Å². The minimum atomic E-state index is -0.473. The number of hydrogen-bond donors (Lipinski definition) is 0. The van der Waals surface area contributed by atoms with Crippen LogP contribution in [0.4, 0.5) is 5.69 Å². The van der Waals surface area contributed by atoms with Crippen LogP contribution in [0.5, 0.6) is 0 Å². The topological polar surface area (TPSA) is 33.5 Å². The molecule has 0 saturated carbocycles. The second-order valence-electron chi connectivity index (χ2n) is 6.61. The third-order valence-corrected chi connectivity index (χ3v) is 6.25. The first kappa shape index (κ1) is 18.2. The summed E-state index contributed by atoms with van der Waals surface area (Å²) in [6.07, 6.45) is 1.69. The molecule has 3 nitrogen and oxygen atoms in total. The van der Waals surface area contributed by atoms with Crippen molar-refractivity contribution in [1.29, 1.82) is 0 Å². The predicted molar refractivity (Wildman–Crippen MR) is 113 cm³/mol. The molecule has 0 aliphatic carbocycles. The highest BCUT2D eigenvalue weighted by molar-refractivity contribution is 7.99. The maximum absolute atomic E-state index is 12.5. The Hall–Kier alpha value is -2.17. The molecule has 3 aromatic rings. The second-order valence-corrected chi connectivity index (χ2v) is 8.13. The molecule has 0 saturated heterocycles. The molecule has 2 heterocycles. The first-order chi connectivity index (χ1) is 13.1. The summed E-state index contributed by atoms with van der Waals surface area (Å²) < 4.78 is 5.66. The zero-order chi connectivity index (χ0) is 18.8. The quantitative estimate of drug-likeness (QED) is 0.599. The van der Waals surface area contributed by atoms with E-state index >= 15 is 0 Å². The van der Waals surface area contributed by atoms with E-state index < -0.39 is 5.63 Å². The monoisotopic (exact) mass is 397 g/mol. The van der Waals surface area contributed by atoms with Gasteiger partial charge in [-0.25, -0.2) is 4.79 Å². The third-order valence-electron chi connectivity index (χ3n) is 4.84. The smallest absolute Gasteiger partial charge is 0.357 e. The number of fused-ring (bicyclic) bond motifs is 3. The Labute approximate surface area is 168 Å². The molecule has 1 aliphatic rings. The van der Waals surface area contributed by atoms with Crippen LogP contribution in [-0.4, -0.2) is 19.3 Å².